The van der Waals surface area contributed by atoms with E-state index in [4.69, 9.17) is 16.7 Å². The highest BCUT2D eigenvalue weighted by atomic mass is 35.5. The van der Waals surface area contributed by atoms with Crippen molar-refractivity contribution in [1.82, 2.24) is 9.88 Å². The summed E-state index contributed by atoms with van der Waals surface area (Å²) in [7, 11) is 6.09. The third kappa shape index (κ3) is 2.88. The zero-order chi connectivity index (χ0) is 14.9. The summed E-state index contributed by atoms with van der Waals surface area (Å²) >= 11 is 5.91. The molecule has 0 spiro atoms. The van der Waals surface area contributed by atoms with Crippen LogP contribution in [0.1, 0.15) is 29.6 Å². The molecule has 110 valence electrons. The Morgan fingerprint density at radius 2 is 2.05 bits per heavy atom. The van der Waals surface area contributed by atoms with E-state index in [1.54, 1.807) is 6.07 Å². The fraction of sp³-hybridized carbons (Fsp3) is 0.571. The number of nitrogens with zero attached hydrogens (tertiary/aromatic N) is 3. The Morgan fingerprint density at radius 1 is 1.40 bits per heavy atom. The van der Waals surface area contributed by atoms with Gasteiger partial charge in [0.1, 0.15) is 11.0 Å². The van der Waals surface area contributed by atoms with Gasteiger partial charge in [-0.15, -0.1) is 0 Å². The van der Waals surface area contributed by atoms with Crippen LogP contribution in [0.4, 0.5) is 5.82 Å². The molecule has 0 aromatic carbocycles. The molecular weight excluding hydrogens is 278 g/mol. The highest BCUT2D eigenvalue weighted by molar-refractivity contribution is 6.29. The zero-order valence-corrected chi connectivity index (χ0v) is 12.8. The third-order valence-corrected chi connectivity index (χ3v) is 4.38. The van der Waals surface area contributed by atoms with Crippen molar-refractivity contribution < 1.29 is 9.90 Å². The van der Waals surface area contributed by atoms with Crippen LogP contribution in [0.15, 0.2) is 12.1 Å². The second-order valence-corrected chi connectivity index (χ2v) is 6.06. The average molecular weight is 298 g/mol. The molecule has 0 saturated heterocycles. The van der Waals surface area contributed by atoms with Crippen molar-refractivity contribution in [3.05, 3.63) is 22.8 Å². The summed E-state index contributed by atoms with van der Waals surface area (Å²) in [4.78, 5) is 19.5. The van der Waals surface area contributed by atoms with Gasteiger partial charge in [0.05, 0.1) is 5.56 Å². The zero-order valence-electron chi connectivity index (χ0n) is 12.1. The van der Waals surface area contributed by atoms with Gasteiger partial charge >= 0.3 is 5.97 Å². The Morgan fingerprint density at radius 3 is 2.50 bits per heavy atom. The molecule has 1 N–H and O–H groups in total. The number of carboxylic acid groups (broad SMARTS) is 1. The molecule has 5 nitrogen and oxygen atoms in total. The number of carboxylic acids is 1. The normalized spacial score (nSPS) is 16.9. The first-order valence-electron chi connectivity index (χ1n) is 6.63. The van der Waals surface area contributed by atoms with Crippen LogP contribution in [0.5, 0.6) is 0 Å². The fourth-order valence-corrected chi connectivity index (χ4v) is 2.86. The SMILES string of the molecule is CN(CC1(N(C)C)CCC1)c1cc(C(=O)O)cc(Cl)n1. The molecule has 1 aromatic heterocycles. The smallest absolute Gasteiger partial charge is 0.335 e. The molecule has 1 heterocycles. The van der Waals surface area contributed by atoms with Crippen LogP contribution in [0.3, 0.4) is 0 Å². The summed E-state index contributed by atoms with van der Waals surface area (Å²) in [6.45, 7) is 0.812. The van der Waals surface area contributed by atoms with Crippen molar-refractivity contribution in [1.29, 1.82) is 0 Å². The van der Waals surface area contributed by atoms with Gasteiger partial charge in [0, 0.05) is 19.1 Å². The Kier molecular flexibility index (Phi) is 4.20. The standard InChI is InChI=1S/C14H20ClN3O2/c1-17(2)14(5-4-6-14)9-18(3)12-8-10(13(19)20)7-11(15)16-12/h7-8H,4-6,9H2,1-3H3,(H,19,20). The highest BCUT2D eigenvalue weighted by Gasteiger charge is 2.40. The van der Waals surface area contributed by atoms with Crippen molar-refractivity contribution in [2.45, 2.75) is 24.8 Å². The van der Waals surface area contributed by atoms with E-state index in [-0.39, 0.29) is 16.3 Å². The van der Waals surface area contributed by atoms with E-state index in [9.17, 15) is 4.79 Å². The predicted molar refractivity (Wildman–Crippen MR) is 79.7 cm³/mol. The molecule has 0 unspecified atom stereocenters. The number of hydrogen-bond acceptors (Lipinski definition) is 4. The van der Waals surface area contributed by atoms with Crippen LogP contribution < -0.4 is 4.90 Å². The van der Waals surface area contributed by atoms with Crippen LogP contribution in [0.25, 0.3) is 0 Å². The molecule has 1 aliphatic carbocycles. The minimum atomic E-state index is -0.991. The first kappa shape index (κ1) is 15.1. The summed E-state index contributed by atoms with van der Waals surface area (Å²) in [5, 5.41) is 9.29. The molecule has 1 aliphatic rings. The lowest BCUT2D eigenvalue weighted by atomic mass is 9.75. The number of anilines is 1. The number of rotatable bonds is 5. The molecule has 1 fully saturated rings. The summed E-state index contributed by atoms with van der Waals surface area (Å²) in [6.07, 6.45) is 3.53. The maximum absolute atomic E-state index is 11.1. The van der Waals surface area contributed by atoms with Crippen molar-refractivity contribution >= 4 is 23.4 Å². The van der Waals surface area contributed by atoms with Crippen LogP contribution in [-0.2, 0) is 0 Å². The topological polar surface area (TPSA) is 56.7 Å². The molecule has 0 radical (unpaired) electrons. The van der Waals surface area contributed by atoms with E-state index < -0.39 is 5.97 Å². The monoisotopic (exact) mass is 297 g/mol. The van der Waals surface area contributed by atoms with Gasteiger partial charge in [0.15, 0.2) is 0 Å². The lowest BCUT2D eigenvalue weighted by Crippen LogP contribution is -2.56. The average Bonchev–Trinajstić information content (AvgIpc) is 2.32. The lowest BCUT2D eigenvalue weighted by Gasteiger charge is -2.49. The molecule has 2 rings (SSSR count). The summed E-state index contributed by atoms with van der Waals surface area (Å²) in [5.41, 5.74) is 0.321. The largest absolute Gasteiger partial charge is 0.478 e. The van der Waals surface area contributed by atoms with Gasteiger partial charge in [-0.2, -0.15) is 0 Å². The fourth-order valence-electron chi connectivity index (χ4n) is 2.66. The number of pyridine rings is 1. The second-order valence-electron chi connectivity index (χ2n) is 5.67. The minimum absolute atomic E-state index is 0.155. The predicted octanol–water partition coefficient (Wildman–Crippen LogP) is 2.35. The molecule has 0 aliphatic heterocycles. The number of hydrogen-bond donors (Lipinski definition) is 1. The Hall–Kier alpha value is -1.33. The molecule has 0 amide bonds. The van der Waals surface area contributed by atoms with E-state index >= 15 is 0 Å². The number of halogens is 1. The molecular formula is C14H20ClN3O2. The Bertz CT molecular complexity index is 515. The Balaban J connectivity index is 2.21. The number of likely N-dealkylation sites (N-methyl/N-ethyl adjacent to an activating group) is 2. The molecule has 1 aromatic rings. The quantitative estimate of drug-likeness (QED) is 0.846. The number of aromatic nitrogens is 1. The first-order chi connectivity index (χ1) is 9.34. The van der Waals surface area contributed by atoms with Crippen LogP contribution >= 0.6 is 11.6 Å². The molecule has 20 heavy (non-hydrogen) atoms. The summed E-state index contributed by atoms with van der Waals surface area (Å²) in [5.74, 6) is -0.391. The van der Waals surface area contributed by atoms with Gasteiger partial charge in [-0.05, 0) is 45.5 Å². The second kappa shape index (κ2) is 5.58. The van der Waals surface area contributed by atoms with Gasteiger partial charge in [0.2, 0.25) is 0 Å². The minimum Gasteiger partial charge on any atom is -0.478 e. The van der Waals surface area contributed by atoms with Crippen LogP contribution in [0.2, 0.25) is 5.15 Å². The highest BCUT2D eigenvalue weighted by Crippen LogP contribution is 2.37. The van der Waals surface area contributed by atoms with Gasteiger partial charge in [-0.3, -0.25) is 0 Å². The number of aromatic carboxylic acids is 1. The summed E-state index contributed by atoms with van der Waals surface area (Å²) in [6, 6.07) is 2.93. The van der Waals surface area contributed by atoms with E-state index in [0.29, 0.717) is 5.82 Å². The molecule has 0 atom stereocenters. The van der Waals surface area contributed by atoms with Crippen molar-refractivity contribution in [3.8, 4) is 0 Å². The first-order valence-corrected chi connectivity index (χ1v) is 7.01. The van der Waals surface area contributed by atoms with E-state index in [2.05, 4.69) is 24.0 Å². The van der Waals surface area contributed by atoms with Gasteiger partial charge < -0.3 is 14.9 Å². The summed E-state index contributed by atoms with van der Waals surface area (Å²) < 4.78 is 0. The number of carbonyl (C=O) groups is 1. The van der Waals surface area contributed by atoms with Crippen molar-refractivity contribution in [3.63, 3.8) is 0 Å². The molecule has 1 saturated carbocycles. The lowest BCUT2D eigenvalue weighted by molar-refractivity contribution is 0.0681. The van der Waals surface area contributed by atoms with Gasteiger partial charge in [0.25, 0.3) is 0 Å². The molecule has 6 heteroatoms. The molecule has 0 bridgehead atoms. The maximum atomic E-state index is 11.1. The van der Waals surface area contributed by atoms with E-state index in [1.807, 2.05) is 11.9 Å². The van der Waals surface area contributed by atoms with Gasteiger partial charge in [-0.1, -0.05) is 11.6 Å². The van der Waals surface area contributed by atoms with Crippen LogP contribution in [-0.4, -0.2) is 54.2 Å². The van der Waals surface area contributed by atoms with Crippen molar-refractivity contribution in [2.24, 2.45) is 0 Å². The van der Waals surface area contributed by atoms with Crippen molar-refractivity contribution in [2.75, 3.05) is 32.6 Å². The van der Waals surface area contributed by atoms with Gasteiger partial charge in [-0.25, -0.2) is 9.78 Å². The maximum Gasteiger partial charge on any atom is 0.335 e. The Labute approximate surface area is 124 Å². The van der Waals surface area contributed by atoms with Crippen LogP contribution in [0, 0.1) is 0 Å². The van der Waals surface area contributed by atoms with E-state index in [1.165, 1.54) is 12.5 Å². The van der Waals surface area contributed by atoms with E-state index in [0.717, 1.165) is 19.4 Å². The third-order valence-electron chi connectivity index (χ3n) is 4.18.